The summed E-state index contributed by atoms with van der Waals surface area (Å²) in [6, 6.07) is 6.65. The van der Waals surface area contributed by atoms with E-state index in [2.05, 4.69) is 10.6 Å². The maximum absolute atomic E-state index is 11.8. The van der Waals surface area contributed by atoms with E-state index in [1.165, 1.54) is 13.8 Å². The van der Waals surface area contributed by atoms with Gasteiger partial charge in [-0.15, -0.1) is 0 Å². The maximum atomic E-state index is 11.8. The lowest BCUT2D eigenvalue weighted by molar-refractivity contribution is -0.141. The summed E-state index contributed by atoms with van der Waals surface area (Å²) in [5, 5.41) is 13.4. The minimum Gasteiger partial charge on any atom is -0.480 e. The Hall–Kier alpha value is -2.37. The van der Waals surface area contributed by atoms with E-state index in [0.717, 1.165) is 0 Å². The van der Waals surface area contributed by atoms with Crippen molar-refractivity contribution in [2.24, 2.45) is 0 Å². The summed E-state index contributed by atoms with van der Waals surface area (Å²) in [6.45, 7) is 2.84. The van der Waals surface area contributed by atoms with Crippen molar-refractivity contribution in [2.45, 2.75) is 25.9 Å². The highest BCUT2D eigenvalue weighted by Gasteiger charge is 2.20. The van der Waals surface area contributed by atoms with Crippen LogP contribution >= 0.6 is 0 Å². The summed E-state index contributed by atoms with van der Waals surface area (Å²) < 4.78 is 0. The van der Waals surface area contributed by atoms with Crippen LogP contribution in [0.4, 0.5) is 0 Å². The lowest BCUT2D eigenvalue weighted by Crippen LogP contribution is -2.49. The zero-order valence-electron chi connectivity index (χ0n) is 10.7. The number of carboxylic acid groups (broad SMARTS) is 1. The second-order valence-electron chi connectivity index (χ2n) is 4.13. The molecule has 0 aliphatic carbocycles. The zero-order valence-corrected chi connectivity index (χ0v) is 10.7. The van der Waals surface area contributed by atoms with Gasteiger partial charge in [0.1, 0.15) is 12.1 Å². The molecule has 1 rings (SSSR count). The van der Waals surface area contributed by atoms with Crippen LogP contribution in [0.1, 0.15) is 24.2 Å². The van der Waals surface area contributed by atoms with Crippen molar-refractivity contribution in [3.63, 3.8) is 0 Å². The lowest BCUT2D eigenvalue weighted by Gasteiger charge is -2.16. The molecule has 0 aliphatic heterocycles. The minimum absolute atomic E-state index is 0.383. The quantitative estimate of drug-likeness (QED) is 0.717. The van der Waals surface area contributed by atoms with Crippen molar-refractivity contribution in [3.8, 4) is 0 Å². The Balaban J connectivity index is 2.55. The highest BCUT2D eigenvalue weighted by atomic mass is 16.4. The third-order valence-electron chi connectivity index (χ3n) is 2.51. The molecule has 19 heavy (non-hydrogen) atoms. The highest BCUT2D eigenvalue weighted by Crippen LogP contribution is 1.99. The van der Waals surface area contributed by atoms with E-state index in [0.29, 0.717) is 5.56 Å². The average molecular weight is 264 g/mol. The fourth-order valence-corrected chi connectivity index (χ4v) is 1.34. The Labute approximate surface area is 110 Å². The summed E-state index contributed by atoms with van der Waals surface area (Å²) in [5.41, 5.74) is 0.438. The van der Waals surface area contributed by atoms with Gasteiger partial charge in [0.25, 0.3) is 5.91 Å². The standard InChI is InChI=1S/C13H16N2O4/c1-8(11(16)15-9(2)13(18)19)14-12(17)10-6-4-3-5-7-10/h3-9H,1-2H3,(H,14,17)(H,15,16)(H,18,19)/t8-,9+/m1/s1. The van der Waals surface area contributed by atoms with Crippen LogP contribution in [0.2, 0.25) is 0 Å². The molecule has 0 spiro atoms. The Bertz CT molecular complexity index is 473. The van der Waals surface area contributed by atoms with Gasteiger partial charge in [0.05, 0.1) is 0 Å². The number of benzene rings is 1. The van der Waals surface area contributed by atoms with Crippen molar-refractivity contribution in [3.05, 3.63) is 35.9 Å². The first-order chi connectivity index (χ1) is 8.91. The molecule has 6 heteroatoms. The third-order valence-corrected chi connectivity index (χ3v) is 2.51. The summed E-state index contributed by atoms with van der Waals surface area (Å²) in [4.78, 5) is 34.0. The molecule has 0 heterocycles. The number of rotatable bonds is 5. The average Bonchev–Trinajstić information content (AvgIpc) is 2.39. The molecule has 0 radical (unpaired) electrons. The van der Waals surface area contributed by atoms with E-state index in [-0.39, 0.29) is 5.91 Å². The van der Waals surface area contributed by atoms with Crippen LogP contribution in [0.25, 0.3) is 0 Å². The van der Waals surface area contributed by atoms with Gasteiger partial charge in [0.2, 0.25) is 5.91 Å². The normalized spacial score (nSPS) is 13.2. The van der Waals surface area contributed by atoms with Crippen LogP contribution in [-0.2, 0) is 9.59 Å². The van der Waals surface area contributed by atoms with Gasteiger partial charge in [-0.25, -0.2) is 0 Å². The maximum Gasteiger partial charge on any atom is 0.325 e. The molecule has 2 amide bonds. The molecule has 0 fully saturated rings. The molecule has 0 aliphatic rings. The van der Waals surface area contributed by atoms with Gasteiger partial charge >= 0.3 is 5.97 Å². The van der Waals surface area contributed by atoms with E-state index in [4.69, 9.17) is 5.11 Å². The number of hydrogen-bond acceptors (Lipinski definition) is 3. The Morgan fingerprint density at radius 1 is 1.00 bits per heavy atom. The summed E-state index contributed by atoms with van der Waals surface area (Å²) in [6.07, 6.45) is 0. The molecule has 1 aromatic rings. The first-order valence-electron chi connectivity index (χ1n) is 5.81. The molecular formula is C13H16N2O4. The van der Waals surface area contributed by atoms with Gasteiger partial charge in [-0.3, -0.25) is 14.4 Å². The van der Waals surface area contributed by atoms with Crippen molar-refractivity contribution in [1.29, 1.82) is 0 Å². The van der Waals surface area contributed by atoms with E-state index in [9.17, 15) is 14.4 Å². The Morgan fingerprint density at radius 3 is 2.11 bits per heavy atom. The Kier molecular flexibility index (Phi) is 5.05. The number of hydrogen-bond donors (Lipinski definition) is 3. The van der Waals surface area contributed by atoms with E-state index in [1.54, 1.807) is 30.3 Å². The first kappa shape index (κ1) is 14.7. The molecule has 102 valence electrons. The number of carbonyl (C=O) groups is 3. The van der Waals surface area contributed by atoms with Gasteiger partial charge < -0.3 is 15.7 Å². The fraction of sp³-hybridized carbons (Fsp3) is 0.308. The predicted octanol–water partition coefficient (Wildman–Crippen LogP) is 0.394. The smallest absolute Gasteiger partial charge is 0.325 e. The van der Waals surface area contributed by atoms with Gasteiger partial charge in [0.15, 0.2) is 0 Å². The van der Waals surface area contributed by atoms with Gasteiger partial charge in [-0.1, -0.05) is 18.2 Å². The molecule has 0 aromatic heterocycles. The molecule has 3 N–H and O–H groups in total. The molecule has 0 bridgehead atoms. The van der Waals surface area contributed by atoms with Gasteiger partial charge in [-0.2, -0.15) is 0 Å². The number of amides is 2. The molecule has 2 atom stereocenters. The lowest BCUT2D eigenvalue weighted by atomic mass is 10.2. The summed E-state index contributed by atoms with van der Waals surface area (Å²) >= 11 is 0. The highest BCUT2D eigenvalue weighted by molar-refractivity contribution is 5.97. The predicted molar refractivity (Wildman–Crippen MR) is 68.6 cm³/mol. The molecule has 1 aromatic carbocycles. The van der Waals surface area contributed by atoms with Crippen LogP contribution in [-0.4, -0.2) is 35.0 Å². The summed E-state index contributed by atoms with van der Waals surface area (Å²) in [7, 11) is 0. The monoisotopic (exact) mass is 264 g/mol. The Morgan fingerprint density at radius 2 is 1.58 bits per heavy atom. The van der Waals surface area contributed by atoms with Crippen LogP contribution < -0.4 is 10.6 Å². The van der Waals surface area contributed by atoms with Crippen LogP contribution in [0.3, 0.4) is 0 Å². The van der Waals surface area contributed by atoms with Crippen molar-refractivity contribution in [1.82, 2.24) is 10.6 Å². The van der Waals surface area contributed by atoms with Crippen molar-refractivity contribution in [2.75, 3.05) is 0 Å². The van der Waals surface area contributed by atoms with E-state index >= 15 is 0 Å². The number of carboxylic acids is 1. The minimum atomic E-state index is -1.13. The van der Waals surface area contributed by atoms with Crippen molar-refractivity contribution < 1.29 is 19.5 Å². The first-order valence-corrected chi connectivity index (χ1v) is 5.81. The number of aliphatic carboxylic acids is 1. The third kappa shape index (κ3) is 4.42. The topological polar surface area (TPSA) is 95.5 Å². The fourth-order valence-electron chi connectivity index (χ4n) is 1.34. The zero-order chi connectivity index (χ0) is 14.4. The molecule has 0 saturated carbocycles. The molecule has 0 unspecified atom stereocenters. The van der Waals surface area contributed by atoms with E-state index in [1.807, 2.05) is 0 Å². The van der Waals surface area contributed by atoms with Crippen molar-refractivity contribution >= 4 is 17.8 Å². The summed E-state index contributed by atoms with van der Waals surface area (Å²) in [5.74, 6) is -2.06. The van der Waals surface area contributed by atoms with Crippen LogP contribution in [0.15, 0.2) is 30.3 Å². The van der Waals surface area contributed by atoms with Crippen LogP contribution in [0.5, 0.6) is 0 Å². The molecule has 6 nitrogen and oxygen atoms in total. The number of carbonyl (C=O) groups excluding carboxylic acids is 2. The molecule has 0 saturated heterocycles. The largest absolute Gasteiger partial charge is 0.480 e. The number of nitrogens with one attached hydrogen (secondary N) is 2. The SMILES string of the molecule is C[C@H](NC(=O)[C@@H](C)NC(=O)c1ccccc1)C(=O)O. The van der Waals surface area contributed by atoms with Gasteiger partial charge in [0, 0.05) is 5.56 Å². The van der Waals surface area contributed by atoms with E-state index < -0.39 is 24.0 Å². The second-order valence-corrected chi connectivity index (χ2v) is 4.13. The van der Waals surface area contributed by atoms with Crippen LogP contribution in [0, 0.1) is 0 Å². The van der Waals surface area contributed by atoms with Gasteiger partial charge in [-0.05, 0) is 26.0 Å². The second kappa shape index (κ2) is 6.53. The molecular weight excluding hydrogens is 248 g/mol.